The van der Waals surface area contributed by atoms with Crippen LogP contribution < -0.4 is 0 Å². The topological polar surface area (TPSA) is 18.5 Å². The van der Waals surface area contributed by atoms with Crippen molar-refractivity contribution in [1.82, 2.24) is 0 Å². The van der Waals surface area contributed by atoms with Gasteiger partial charge in [-0.15, -0.1) is 0 Å². The summed E-state index contributed by atoms with van der Waals surface area (Å²) in [4.78, 5) is 0. The van der Waals surface area contributed by atoms with E-state index in [2.05, 4.69) is 63.3 Å². The standard InChI is InChI=1S/C12H22BIO2/c1-6-7-8-9-10(14)13-15-11(2,3)12(4,5)16-13/h9H,6-8H2,1-5H3. The highest BCUT2D eigenvalue weighted by Gasteiger charge is 2.51. The summed E-state index contributed by atoms with van der Waals surface area (Å²) in [6.07, 6.45) is 5.79. The predicted molar refractivity (Wildman–Crippen MR) is 77.7 cm³/mol. The van der Waals surface area contributed by atoms with Gasteiger partial charge in [0.25, 0.3) is 0 Å². The van der Waals surface area contributed by atoms with Crippen LogP contribution in [0.15, 0.2) is 9.56 Å². The summed E-state index contributed by atoms with van der Waals surface area (Å²) >= 11 is 2.33. The van der Waals surface area contributed by atoms with Crippen LogP contribution in [0.4, 0.5) is 0 Å². The van der Waals surface area contributed by atoms with E-state index in [1.54, 1.807) is 0 Å². The number of rotatable bonds is 4. The summed E-state index contributed by atoms with van der Waals surface area (Å²) in [6, 6.07) is 0. The van der Waals surface area contributed by atoms with Gasteiger partial charge in [-0.05, 0) is 34.1 Å². The molecule has 0 unspecified atom stereocenters. The molecule has 1 aliphatic rings. The van der Waals surface area contributed by atoms with Crippen molar-refractivity contribution in [3.05, 3.63) is 9.56 Å². The molecule has 0 aromatic heterocycles. The van der Waals surface area contributed by atoms with Gasteiger partial charge in [0.1, 0.15) is 0 Å². The quantitative estimate of drug-likeness (QED) is 0.437. The highest BCUT2D eigenvalue weighted by molar-refractivity contribution is 14.1. The summed E-state index contributed by atoms with van der Waals surface area (Å²) in [5.74, 6) is 0. The summed E-state index contributed by atoms with van der Waals surface area (Å²) in [6.45, 7) is 10.5. The Balaban J connectivity index is 2.62. The number of unbranched alkanes of at least 4 members (excludes halogenated alkanes) is 2. The zero-order valence-electron chi connectivity index (χ0n) is 11.0. The van der Waals surface area contributed by atoms with Gasteiger partial charge in [-0.1, -0.05) is 48.4 Å². The molecule has 0 N–H and O–H groups in total. The van der Waals surface area contributed by atoms with Gasteiger partial charge in [0.2, 0.25) is 0 Å². The van der Waals surface area contributed by atoms with E-state index in [-0.39, 0.29) is 18.3 Å². The van der Waals surface area contributed by atoms with Crippen molar-refractivity contribution in [3.8, 4) is 0 Å². The number of hydrogen-bond acceptors (Lipinski definition) is 2. The Kier molecular flexibility index (Phi) is 4.90. The van der Waals surface area contributed by atoms with Crippen LogP contribution in [-0.4, -0.2) is 18.3 Å². The zero-order chi connectivity index (χ0) is 12.4. The highest BCUT2D eigenvalue weighted by atomic mass is 127. The maximum absolute atomic E-state index is 5.96. The van der Waals surface area contributed by atoms with Gasteiger partial charge in [-0.3, -0.25) is 0 Å². The Hall–Kier alpha value is 0.455. The van der Waals surface area contributed by atoms with Crippen LogP contribution in [0, 0.1) is 0 Å². The molecule has 16 heavy (non-hydrogen) atoms. The fourth-order valence-corrected chi connectivity index (χ4v) is 2.06. The Labute approximate surface area is 113 Å². The third-order valence-electron chi connectivity index (χ3n) is 3.38. The molecule has 0 aliphatic carbocycles. The monoisotopic (exact) mass is 336 g/mol. The van der Waals surface area contributed by atoms with Crippen molar-refractivity contribution in [2.45, 2.75) is 65.1 Å². The van der Waals surface area contributed by atoms with Gasteiger partial charge < -0.3 is 9.31 Å². The molecule has 0 aromatic rings. The van der Waals surface area contributed by atoms with Gasteiger partial charge in [0.05, 0.1) is 11.2 Å². The summed E-state index contributed by atoms with van der Waals surface area (Å²) < 4.78 is 13.1. The molecular formula is C12H22BIO2. The van der Waals surface area contributed by atoms with Crippen LogP contribution in [0.2, 0.25) is 0 Å². The SMILES string of the molecule is CCCCC=C(I)B1OC(C)(C)C(C)(C)O1. The second kappa shape index (κ2) is 5.40. The van der Waals surface area contributed by atoms with Crippen molar-refractivity contribution < 1.29 is 9.31 Å². The minimum Gasteiger partial charge on any atom is -0.399 e. The van der Waals surface area contributed by atoms with E-state index in [1.807, 2.05) is 0 Å². The Morgan fingerprint density at radius 2 is 1.69 bits per heavy atom. The number of hydrogen-bond donors (Lipinski definition) is 0. The van der Waals surface area contributed by atoms with Gasteiger partial charge in [0.15, 0.2) is 0 Å². The van der Waals surface area contributed by atoms with E-state index in [0.717, 1.165) is 6.42 Å². The maximum Gasteiger partial charge on any atom is 0.500 e. The first-order chi connectivity index (χ1) is 7.30. The molecule has 1 aliphatic heterocycles. The molecule has 0 radical (unpaired) electrons. The van der Waals surface area contributed by atoms with Gasteiger partial charge >= 0.3 is 7.12 Å². The molecule has 1 saturated heterocycles. The Morgan fingerprint density at radius 3 is 2.12 bits per heavy atom. The van der Waals surface area contributed by atoms with Crippen molar-refractivity contribution in [2.24, 2.45) is 0 Å². The lowest BCUT2D eigenvalue weighted by Crippen LogP contribution is -2.41. The van der Waals surface area contributed by atoms with E-state index in [1.165, 1.54) is 16.3 Å². The van der Waals surface area contributed by atoms with Gasteiger partial charge in [-0.2, -0.15) is 0 Å². The molecule has 0 bridgehead atoms. The summed E-state index contributed by atoms with van der Waals surface area (Å²) in [5.41, 5.74) is -0.459. The zero-order valence-corrected chi connectivity index (χ0v) is 13.1. The predicted octanol–water partition coefficient (Wildman–Crippen LogP) is 4.13. The van der Waals surface area contributed by atoms with E-state index in [0.29, 0.717) is 0 Å². The maximum atomic E-state index is 5.96. The largest absolute Gasteiger partial charge is 0.500 e. The number of allylic oxidation sites excluding steroid dienone is 1. The molecule has 1 heterocycles. The van der Waals surface area contributed by atoms with Gasteiger partial charge in [0, 0.05) is 3.48 Å². The van der Waals surface area contributed by atoms with Crippen LogP contribution in [0.3, 0.4) is 0 Å². The molecular weight excluding hydrogens is 314 g/mol. The molecule has 1 rings (SSSR count). The molecule has 0 spiro atoms. The molecule has 0 aromatic carbocycles. The van der Waals surface area contributed by atoms with Crippen molar-refractivity contribution in [1.29, 1.82) is 0 Å². The average Bonchev–Trinajstić information content (AvgIpc) is 2.36. The minimum absolute atomic E-state index is 0.178. The fourth-order valence-electron chi connectivity index (χ4n) is 1.50. The second-order valence-corrected chi connectivity index (χ2v) is 6.57. The lowest BCUT2D eigenvalue weighted by atomic mass is 9.89. The van der Waals surface area contributed by atoms with Crippen LogP contribution in [0.5, 0.6) is 0 Å². The van der Waals surface area contributed by atoms with Crippen molar-refractivity contribution in [3.63, 3.8) is 0 Å². The minimum atomic E-state index is -0.229. The lowest BCUT2D eigenvalue weighted by molar-refractivity contribution is 0.00578. The van der Waals surface area contributed by atoms with Crippen LogP contribution in [0.25, 0.3) is 0 Å². The number of halogens is 1. The van der Waals surface area contributed by atoms with E-state index in [4.69, 9.17) is 9.31 Å². The first-order valence-electron chi connectivity index (χ1n) is 6.01. The second-order valence-electron chi connectivity index (χ2n) is 5.32. The van der Waals surface area contributed by atoms with E-state index < -0.39 is 0 Å². The van der Waals surface area contributed by atoms with Crippen LogP contribution in [-0.2, 0) is 9.31 Å². The first-order valence-corrected chi connectivity index (χ1v) is 7.09. The van der Waals surface area contributed by atoms with E-state index >= 15 is 0 Å². The molecule has 1 fully saturated rings. The van der Waals surface area contributed by atoms with Crippen LogP contribution in [0.1, 0.15) is 53.9 Å². The molecule has 4 heteroatoms. The Bertz CT molecular complexity index is 258. The van der Waals surface area contributed by atoms with Crippen molar-refractivity contribution >= 4 is 29.7 Å². The first kappa shape index (κ1) is 14.5. The average molecular weight is 336 g/mol. The molecule has 92 valence electrons. The molecule has 0 atom stereocenters. The summed E-state index contributed by atoms with van der Waals surface area (Å²) in [7, 11) is -0.178. The Morgan fingerprint density at radius 1 is 1.19 bits per heavy atom. The lowest BCUT2D eigenvalue weighted by Gasteiger charge is -2.32. The van der Waals surface area contributed by atoms with Gasteiger partial charge in [-0.25, -0.2) is 0 Å². The highest BCUT2D eigenvalue weighted by Crippen LogP contribution is 2.39. The third kappa shape index (κ3) is 3.23. The molecule has 2 nitrogen and oxygen atoms in total. The molecule has 0 amide bonds. The van der Waals surface area contributed by atoms with Crippen LogP contribution >= 0.6 is 22.6 Å². The fraction of sp³-hybridized carbons (Fsp3) is 0.833. The van der Waals surface area contributed by atoms with E-state index in [9.17, 15) is 0 Å². The third-order valence-corrected chi connectivity index (χ3v) is 4.32. The smallest absolute Gasteiger partial charge is 0.399 e. The summed E-state index contributed by atoms with van der Waals surface area (Å²) in [5, 5.41) is 0. The normalized spacial score (nSPS) is 23.9. The van der Waals surface area contributed by atoms with Crippen molar-refractivity contribution in [2.75, 3.05) is 0 Å². The molecule has 0 saturated carbocycles.